The van der Waals surface area contributed by atoms with E-state index in [1.807, 2.05) is 35.2 Å². The topological polar surface area (TPSA) is 56.6 Å². The molecule has 2 aliphatic rings. The van der Waals surface area contributed by atoms with Crippen molar-refractivity contribution in [2.24, 2.45) is 7.05 Å². The molecule has 1 atom stereocenters. The molecule has 0 spiro atoms. The van der Waals surface area contributed by atoms with Gasteiger partial charge in [0.05, 0.1) is 11.0 Å². The van der Waals surface area contributed by atoms with Crippen molar-refractivity contribution < 1.29 is 14.3 Å². The first-order valence-electron chi connectivity index (χ1n) is 10.3. The van der Waals surface area contributed by atoms with Crippen LogP contribution in [-0.2, 0) is 18.3 Å². The number of imidazole rings is 1. The molecule has 1 saturated heterocycles. The first-order valence-corrected chi connectivity index (χ1v) is 10.3. The number of likely N-dealkylation sites (tertiary alicyclic amines) is 1. The lowest BCUT2D eigenvalue weighted by molar-refractivity contribution is -0.132. The van der Waals surface area contributed by atoms with Gasteiger partial charge in [-0.3, -0.25) is 4.79 Å². The maximum absolute atomic E-state index is 12.9. The molecule has 6 nitrogen and oxygen atoms in total. The molecule has 0 bridgehead atoms. The molecule has 0 radical (unpaired) electrons. The molecule has 1 fully saturated rings. The lowest BCUT2D eigenvalue weighted by atomic mass is 9.96. The van der Waals surface area contributed by atoms with Crippen LogP contribution in [0.2, 0.25) is 0 Å². The normalized spacial score (nSPS) is 18.4. The number of carbonyl (C=O) groups is 1. The van der Waals surface area contributed by atoms with E-state index < -0.39 is 0 Å². The maximum Gasteiger partial charge on any atom is 0.231 e. The predicted octanol–water partition coefficient (Wildman–Crippen LogP) is 3.64. The first-order chi connectivity index (χ1) is 14.2. The van der Waals surface area contributed by atoms with Crippen LogP contribution in [0.1, 0.15) is 36.6 Å². The highest BCUT2D eigenvalue weighted by molar-refractivity contribution is 5.77. The highest BCUT2D eigenvalue weighted by atomic mass is 16.7. The fraction of sp³-hybridized carbons (Fsp3) is 0.391. The van der Waals surface area contributed by atoms with Crippen molar-refractivity contribution >= 4 is 16.9 Å². The summed E-state index contributed by atoms with van der Waals surface area (Å²) in [5, 5.41) is 0. The molecule has 1 amide bonds. The SMILES string of the molecule is Cn1c(C2CCCN(C(=O)CCc3ccc4c(c3)OCO4)C2)nc2ccccc21. The second-order valence-electron chi connectivity index (χ2n) is 7.88. The minimum Gasteiger partial charge on any atom is -0.454 e. The van der Waals surface area contributed by atoms with Gasteiger partial charge < -0.3 is 18.9 Å². The Labute approximate surface area is 170 Å². The van der Waals surface area contributed by atoms with Gasteiger partial charge in [0.15, 0.2) is 11.5 Å². The Balaban J connectivity index is 1.25. The number of hydrogen-bond donors (Lipinski definition) is 0. The van der Waals surface area contributed by atoms with E-state index in [2.05, 4.69) is 23.7 Å². The van der Waals surface area contributed by atoms with Gasteiger partial charge in [0, 0.05) is 32.5 Å². The lowest BCUT2D eigenvalue weighted by Crippen LogP contribution is -2.39. The van der Waals surface area contributed by atoms with Gasteiger partial charge in [-0.05, 0) is 49.1 Å². The van der Waals surface area contributed by atoms with Crippen molar-refractivity contribution in [2.45, 2.75) is 31.6 Å². The Bertz CT molecular complexity index is 1060. The smallest absolute Gasteiger partial charge is 0.231 e. The molecular weight excluding hydrogens is 366 g/mol. The summed E-state index contributed by atoms with van der Waals surface area (Å²) in [5.74, 6) is 3.14. The first kappa shape index (κ1) is 18.0. The number of aromatic nitrogens is 2. The predicted molar refractivity (Wildman–Crippen MR) is 110 cm³/mol. The summed E-state index contributed by atoms with van der Waals surface area (Å²) in [5.41, 5.74) is 3.27. The van der Waals surface area contributed by atoms with Gasteiger partial charge in [-0.25, -0.2) is 4.98 Å². The Morgan fingerprint density at radius 1 is 1.17 bits per heavy atom. The third-order valence-electron chi connectivity index (χ3n) is 6.03. The second kappa shape index (κ2) is 7.43. The average Bonchev–Trinajstić information content (AvgIpc) is 3.36. The van der Waals surface area contributed by atoms with Crippen LogP contribution in [0.5, 0.6) is 11.5 Å². The summed E-state index contributed by atoms with van der Waals surface area (Å²) in [6.45, 7) is 1.85. The van der Waals surface area contributed by atoms with Crippen LogP contribution in [-0.4, -0.2) is 40.2 Å². The van der Waals surface area contributed by atoms with Crippen LogP contribution in [0.25, 0.3) is 11.0 Å². The molecule has 3 aromatic rings. The van der Waals surface area contributed by atoms with Gasteiger partial charge in [-0.1, -0.05) is 18.2 Å². The van der Waals surface area contributed by atoms with E-state index in [9.17, 15) is 4.79 Å². The maximum atomic E-state index is 12.9. The minimum absolute atomic E-state index is 0.214. The number of para-hydroxylation sites is 2. The average molecular weight is 391 g/mol. The Kier molecular flexibility index (Phi) is 4.62. The van der Waals surface area contributed by atoms with Crippen molar-refractivity contribution in [2.75, 3.05) is 19.9 Å². The van der Waals surface area contributed by atoms with Crippen molar-refractivity contribution in [3.8, 4) is 11.5 Å². The molecule has 0 N–H and O–H groups in total. The van der Waals surface area contributed by atoms with E-state index in [-0.39, 0.29) is 18.6 Å². The number of carbonyl (C=O) groups excluding carboxylic acids is 1. The molecule has 2 aromatic carbocycles. The standard InChI is InChI=1S/C23H25N3O3/c1-25-19-7-3-2-6-18(19)24-23(25)17-5-4-12-26(14-17)22(27)11-9-16-8-10-20-21(13-16)29-15-28-20/h2-3,6-8,10,13,17H,4-5,9,11-12,14-15H2,1H3. The number of piperidine rings is 1. The molecule has 1 unspecified atom stereocenters. The van der Waals surface area contributed by atoms with E-state index in [4.69, 9.17) is 14.5 Å². The van der Waals surface area contributed by atoms with E-state index in [0.717, 1.165) is 59.9 Å². The van der Waals surface area contributed by atoms with Crippen LogP contribution in [0, 0.1) is 0 Å². The monoisotopic (exact) mass is 391 g/mol. The fourth-order valence-corrected chi connectivity index (χ4v) is 4.45. The molecule has 0 saturated carbocycles. The van der Waals surface area contributed by atoms with Gasteiger partial charge in [0.1, 0.15) is 5.82 Å². The summed E-state index contributed by atoms with van der Waals surface area (Å²) < 4.78 is 13.0. The number of rotatable bonds is 4. The Morgan fingerprint density at radius 3 is 2.93 bits per heavy atom. The second-order valence-corrected chi connectivity index (χ2v) is 7.88. The van der Waals surface area contributed by atoms with Gasteiger partial charge >= 0.3 is 0 Å². The number of hydrogen-bond acceptors (Lipinski definition) is 4. The molecule has 1 aromatic heterocycles. The number of fused-ring (bicyclic) bond motifs is 2. The largest absolute Gasteiger partial charge is 0.454 e. The molecule has 6 heteroatoms. The van der Waals surface area contributed by atoms with Crippen LogP contribution in [0.15, 0.2) is 42.5 Å². The van der Waals surface area contributed by atoms with E-state index >= 15 is 0 Å². The third kappa shape index (κ3) is 3.43. The van der Waals surface area contributed by atoms with Crippen molar-refractivity contribution in [1.29, 1.82) is 0 Å². The van der Waals surface area contributed by atoms with Crippen LogP contribution >= 0.6 is 0 Å². The number of aryl methyl sites for hydroxylation is 2. The number of nitrogens with zero attached hydrogens (tertiary/aromatic N) is 3. The zero-order chi connectivity index (χ0) is 19.8. The van der Waals surface area contributed by atoms with Crippen LogP contribution < -0.4 is 9.47 Å². The van der Waals surface area contributed by atoms with E-state index in [0.29, 0.717) is 12.8 Å². The molecule has 2 aliphatic heterocycles. The molecule has 5 rings (SSSR count). The molecule has 0 aliphatic carbocycles. The Morgan fingerprint density at radius 2 is 2.03 bits per heavy atom. The van der Waals surface area contributed by atoms with Gasteiger partial charge in [0.25, 0.3) is 0 Å². The van der Waals surface area contributed by atoms with Gasteiger partial charge in [0.2, 0.25) is 12.7 Å². The van der Waals surface area contributed by atoms with Crippen molar-refractivity contribution in [3.05, 3.63) is 53.9 Å². The number of ether oxygens (including phenoxy) is 2. The zero-order valence-electron chi connectivity index (χ0n) is 16.6. The molecule has 29 heavy (non-hydrogen) atoms. The summed E-state index contributed by atoms with van der Waals surface area (Å²) in [4.78, 5) is 19.8. The summed E-state index contributed by atoms with van der Waals surface area (Å²) >= 11 is 0. The number of amides is 1. The highest BCUT2D eigenvalue weighted by Crippen LogP contribution is 2.33. The lowest BCUT2D eigenvalue weighted by Gasteiger charge is -2.32. The van der Waals surface area contributed by atoms with Crippen molar-refractivity contribution in [1.82, 2.24) is 14.5 Å². The quantitative estimate of drug-likeness (QED) is 0.681. The van der Waals surface area contributed by atoms with Crippen LogP contribution in [0.3, 0.4) is 0 Å². The summed E-state index contributed by atoms with van der Waals surface area (Å²) in [7, 11) is 2.07. The number of benzene rings is 2. The molecule has 3 heterocycles. The van der Waals surface area contributed by atoms with Gasteiger partial charge in [-0.2, -0.15) is 0 Å². The Hall–Kier alpha value is -3.02. The third-order valence-corrected chi connectivity index (χ3v) is 6.03. The summed E-state index contributed by atoms with van der Waals surface area (Å²) in [6, 6.07) is 14.1. The van der Waals surface area contributed by atoms with E-state index in [1.54, 1.807) is 0 Å². The van der Waals surface area contributed by atoms with Crippen molar-refractivity contribution in [3.63, 3.8) is 0 Å². The molecule has 150 valence electrons. The zero-order valence-corrected chi connectivity index (χ0v) is 16.6. The molecular formula is C23H25N3O3. The van der Waals surface area contributed by atoms with Crippen LogP contribution in [0.4, 0.5) is 0 Å². The summed E-state index contributed by atoms with van der Waals surface area (Å²) in [6.07, 6.45) is 3.31. The fourth-order valence-electron chi connectivity index (χ4n) is 4.45. The van der Waals surface area contributed by atoms with Gasteiger partial charge in [-0.15, -0.1) is 0 Å². The van der Waals surface area contributed by atoms with E-state index in [1.165, 1.54) is 0 Å². The highest BCUT2D eigenvalue weighted by Gasteiger charge is 2.27. The minimum atomic E-state index is 0.214.